The molecule has 2 aromatic rings. The van der Waals surface area contributed by atoms with Gasteiger partial charge < -0.3 is 15.2 Å². The maximum atomic E-state index is 12.3. The molecule has 1 amide bonds. The Labute approximate surface area is 141 Å². The van der Waals surface area contributed by atoms with Crippen molar-refractivity contribution in [3.8, 4) is 5.75 Å². The van der Waals surface area contributed by atoms with E-state index in [-0.39, 0.29) is 18.2 Å². The van der Waals surface area contributed by atoms with Crippen LogP contribution in [0, 0.1) is 0 Å². The molecule has 0 radical (unpaired) electrons. The minimum absolute atomic E-state index is 0.0913. The standard InChI is InChI=1S/C19H21NO4/c1-13(15-10-6-7-11-16(15)24-2)12-17(21)20-18(19(22)23)14-8-4-3-5-9-14/h3-11,13,18H,12H2,1-2H3,(H,20,21)(H,22,23)/t13?,18-/m0/s1. The Bertz CT molecular complexity index is 700. The van der Waals surface area contributed by atoms with Gasteiger partial charge in [0.1, 0.15) is 5.75 Å². The molecule has 0 aromatic heterocycles. The van der Waals surface area contributed by atoms with Crippen LogP contribution in [0.15, 0.2) is 54.6 Å². The van der Waals surface area contributed by atoms with E-state index in [1.54, 1.807) is 37.4 Å². The molecule has 5 heteroatoms. The predicted molar refractivity (Wildman–Crippen MR) is 91.0 cm³/mol. The number of carboxylic acids is 1. The van der Waals surface area contributed by atoms with Gasteiger partial charge in [0.2, 0.25) is 5.91 Å². The number of aliphatic carboxylic acids is 1. The second-order valence-electron chi connectivity index (χ2n) is 5.60. The van der Waals surface area contributed by atoms with E-state index in [4.69, 9.17) is 4.74 Å². The van der Waals surface area contributed by atoms with Crippen molar-refractivity contribution in [3.63, 3.8) is 0 Å². The molecule has 0 bridgehead atoms. The van der Waals surface area contributed by atoms with Gasteiger partial charge in [0, 0.05) is 6.42 Å². The van der Waals surface area contributed by atoms with Gasteiger partial charge >= 0.3 is 5.97 Å². The van der Waals surface area contributed by atoms with Gasteiger partial charge in [-0.05, 0) is 23.1 Å². The maximum absolute atomic E-state index is 12.3. The van der Waals surface area contributed by atoms with Crippen LogP contribution in [0.4, 0.5) is 0 Å². The monoisotopic (exact) mass is 327 g/mol. The number of carboxylic acid groups (broad SMARTS) is 1. The molecular weight excluding hydrogens is 306 g/mol. The molecule has 0 saturated heterocycles. The van der Waals surface area contributed by atoms with Crippen molar-refractivity contribution >= 4 is 11.9 Å². The van der Waals surface area contributed by atoms with Crippen LogP contribution in [0.25, 0.3) is 0 Å². The van der Waals surface area contributed by atoms with E-state index in [0.29, 0.717) is 5.56 Å². The quantitative estimate of drug-likeness (QED) is 0.819. The fourth-order valence-electron chi connectivity index (χ4n) is 2.61. The Morgan fingerprint density at radius 1 is 1.08 bits per heavy atom. The van der Waals surface area contributed by atoms with Gasteiger partial charge in [-0.3, -0.25) is 4.79 Å². The van der Waals surface area contributed by atoms with Crippen LogP contribution in [0.2, 0.25) is 0 Å². The van der Waals surface area contributed by atoms with Crippen molar-refractivity contribution in [3.05, 3.63) is 65.7 Å². The van der Waals surface area contributed by atoms with Gasteiger partial charge in [-0.25, -0.2) is 4.79 Å². The first-order valence-corrected chi connectivity index (χ1v) is 7.73. The molecule has 2 aromatic carbocycles. The molecule has 24 heavy (non-hydrogen) atoms. The van der Waals surface area contributed by atoms with Gasteiger partial charge in [-0.15, -0.1) is 0 Å². The number of amides is 1. The molecule has 1 unspecified atom stereocenters. The molecule has 0 fully saturated rings. The summed E-state index contributed by atoms with van der Waals surface area (Å²) in [5.41, 5.74) is 1.46. The van der Waals surface area contributed by atoms with Crippen LogP contribution in [0.3, 0.4) is 0 Å². The molecule has 126 valence electrons. The Morgan fingerprint density at radius 2 is 1.71 bits per heavy atom. The first-order chi connectivity index (χ1) is 11.5. The highest BCUT2D eigenvalue weighted by Gasteiger charge is 2.23. The van der Waals surface area contributed by atoms with E-state index < -0.39 is 12.0 Å². The number of hydrogen-bond donors (Lipinski definition) is 2. The largest absolute Gasteiger partial charge is 0.496 e. The van der Waals surface area contributed by atoms with Crippen molar-refractivity contribution in [2.45, 2.75) is 25.3 Å². The number of rotatable bonds is 7. The summed E-state index contributed by atoms with van der Waals surface area (Å²) in [6.45, 7) is 1.91. The zero-order chi connectivity index (χ0) is 17.5. The van der Waals surface area contributed by atoms with Crippen LogP contribution in [-0.4, -0.2) is 24.1 Å². The summed E-state index contributed by atoms with van der Waals surface area (Å²) in [7, 11) is 1.58. The van der Waals surface area contributed by atoms with Crippen LogP contribution >= 0.6 is 0 Å². The molecule has 2 rings (SSSR count). The molecule has 5 nitrogen and oxygen atoms in total. The lowest BCUT2D eigenvalue weighted by molar-refractivity contribution is -0.142. The zero-order valence-corrected chi connectivity index (χ0v) is 13.7. The number of methoxy groups -OCH3 is 1. The van der Waals surface area contributed by atoms with Crippen LogP contribution in [0.5, 0.6) is 5.75 Å². The van der Waals surface area contributed by atoms with Gasteiger partial charge in [0.05, 0.1) is 7.11 Å². The van der Waals surface area contributed by atoms with E-state index in [2.05, 4.69) is 5.32 Å². The first-order valence-electron chi connectivity index (χ1n) is 7.73. The van der Waals surface area contributed by atoms with Crippen molar-refractivity contribution < 1.29 is 19.4 Å². The zero-order valence-electron chi connectivity index (χ0n) is 13.7. The third kappa shape index (κ3) is 4.35. The fraction of sp³-hybridized carbons (Fsp3) is 0.263. The number of carbonyl (C=O) groups is 2. The average Bonchev–Trinajstić information content (AvgIpc) is 2.60. The van der Waals surface area contributed by atoms with E-state index in [1.165, 1.54) is 0 Å². The Hall–Kier alpha value is -2.82. The Kier molecular flexibility index (Phi) is 5.95. The van der Waals surface area contributed by atoms with E-state index in [1.807, 2.05) is 31.2 Å². The summed E-state index contributed by atoms with van der Waals surface area (Å²) in [5.74, 6) is -0.772. The van der Waals surface area contributed by atoms with Crippen molar-refractivity contribution in [2.75, 3.05) is 7.11 Å². The smallest absolute Gasteiger partial charge is 0.330 e. The van der Waals surface area contributed by atoms with Crippen molar-refractivity contribution in [1.82, 2.24) is 5.32 Å². The lowest BCUT2D eigenvalue weighted by Crippen LogP contribution is -2.34. The number of benzene rings is 2. The number of ether oxygens (including phenoxy) is 1. The third-order valence-corrected chi connectivity index (χ3v) is 3.85. The topological polar surface area (TPSA) is 75.6 Å². The molecule has 0 aliphatic rings. The molecular formula is C19H21NO4. The minimum atomic E-state index is -1.08. The van der Waals surface area contributed by atoms with Crippen LogP contribution < -0.4 is 10.1 Å². The highest BCUT2D eigenvalue weighted by Crippen LogP contribution is 2.28. The van der Waals surface area contributed by atoms with Gasteiger partial charge in [0.25, 0.3) is 0 Å². The van der Waals surface area contributed by atoms with Crippen molar-refractivity contribution in [2.24, 2.45) is 0 Å². The highest BCUT2D eigenvalue weighted by atomic mass is 16.5. The minimum Gasteiger partial charge on any atom is -0.496 e. The fourth-order valence-corrected chi connectivity index (χ4v) is 2.61. The Morgan fingerprint density at radius 3 is 2.33 bits per heavy atom. The summed E-state index contributed by atoms with van der Waals surface area (Å²) >= 11 is 0. The predicted octanol–water partition coefficient (Wildman–Crippen LogP) is 3.13. The van der Waals surface area contributed by atoms with E-state index >= 15 is 0 Å². The summed E-state index contributed by atoms with van der Waals surface area (Å²) in [6.07, 6.45) is 0.178. The number of hydrogen-bond acceptors (Lipinski definition) is 3. The first kappa shape index (κ1) is 17.5. The number of nitrogens with one attached hydrogen (secondary N) is 1. The molecule has 0 heterocycles. The third-order valence-electron chi connectivity index (χ3n) is 3.85. The normalized spacial score (nSPS) is 12.9. The van der Waals surface area contributed by atoms with Gasteiger partial charge in [-0.1, -0.05) is 55.5 Å². The molecule has 2 atom stereocenters. The Balaban J connectivity index is 2.07. The van der Waals surface area contributed by atoms with Crippen LogP contribution in [-0.2, 0) is 9.59 Å². The average molecular weight is 327 g/mol. The summed E-state index contributed by atoms with van der Waals surface area (Å²) < 4.78 is 5.31. The molecule has 0 saturated carbocycles. The van der Waals surface area contributed by atoms with Crippen LogP contribution in [0.1, 0.15) is 36.4 Å². The molecule has 2 N–H and O–H groups in total. The van der Waals surface area contributed by atoms with E-state index in [9.17, 15) is 14.7 Å². The summed E-state index contributed by atoms with van der Waals surface area (Å²) in [4.78, 5) is 23.8. The highest BCUT2D eigenvalue weighted by molar-refractivity contribution is 5.85. The lowest BCUT2D eigenvalue weighted by Gasteiger charge is -2.18. The number of carbonyl (C=O) groups excluding carboxylic acids is 1. The van der Waals surface area contributed by atoms with Gasteiger partial charge in [0.15, 0.2) is 6.04 Å². The SMILES string of the molecule is COc1ccccc1C(C)CC(=O)N[C@H](C(=O)O)c1ccccc1. The van der Waals surface area contributed by atoms with E-state index in [0.717, 1.165) is 11.3 Å². The van der Waals surface area contributed by atoms with Crippen molar-refractivity contribution in [1.29, 1.82) is 0 Å². The second kappa shape index (κ2) is 8.15. The number of para-hydroxylation sites is 1. The molecule has 0 spiro atoms. The summed E-state index contributed by atoms with van der Waals surface area (Å²) in [5, 5.41) is 12.0. The molecule has 0 aliphatic carbocycles. The molecule has 0 aliphatic heterocycles. The maximum Gasteiger partial charge on any atom is 0.330 e. The summed E-state index contributed by atoms with van der Waals surface area (Å²) in [6, 6.07) is 15.1. The lowest BCUT2D eigenvalue weighted by atomic mass is 9.96. The second-order valence-corrected chi connectivity index (χ2v) is 5.60. The van der Waals surface area contributed by atoms with Gasteiger partial charge in [-0.2, -0.15) is 0 Å².